The molecule has 8 aliphatic rings. The lowest BCUT2D eigenvalue weighted by Crippen LogP contribution is -2.68. The van der Waals surface area contributed by atoms with E-state index in [-0.39, 0.29) is 28.6 Å². The maximum absolute atomic E-state index is 14.5. The third-order valence-corrected chi connectivity index (χ3v) is 13.9. The summed E-state index contributed by atoms with van der Waals surface area (Å²) in [6.07, 6.45) is 13.6. The average Bonchev–Trinajstić information content (AvgIpc) is 3.28. The number of Topliss-reactive ketones (excluding diaryl/α,β-unsaturated/α-hetero) is 1. The van der Waals surface area contributed by atoms with E-state index in [0.29, 0.717) is 25.0 Å². The third kappa shape index (κ3) is 3.58. The van der Waals surface area contributed by atoms with E-state index in [9.17, 15) is 23.8 Å². The summed E-state index contributed by atoms with van der Waals surface area (Å²) in [5.74, 6) is -1.08. The molecule has 9 rings (SSSR count). The highest BCUT2D eigenvalue weighted by atomic mass is 19.2. The second-order valence-corrected chi connectivity index (χ2v) is 15.6. The molecule has 1 aromatic carbocycles. The van der Waals surface area contributed by atoms with Gasteiger partial charge in [0.25, 0.3) is 0 Å². The molecule has 4 fully saturated rings. The van der Waals surface area contributed by atoms with Crippen molar-refractivity contribution < 1.29 is 23.8 Å². The minimum atomic E-state index is -1.02. The molecule has 6 aliphatic carbocycles. The van der Waals surface area contributed by atoms with Gasteiger partial charge in [-0.15, -0.1) is 0 Å². The molecule has 44 heavy (non-hydrogen) atoms. The first-order chi connectivity index (χ1) is 21.0. The standard InChI is InChI=1S/C36H45F2N3O3/c1-32-10-7-24(42)20-34(32)13-14-36(25(21-34)30(43)23-5-6-26(37)27(38)19-23)28(32)8-11-33(2)29(36)9-12-35(33,44)22-41-18-4-17-40-16-3-15-39-31(40)41/h5-6,13-14,19,21,24,28-29,42,44H,3-4,7-12,15-18,20,22H2,1-2H3/t24?,28-,29-,32-,33+,34+,35-,36-/m1/s1. The molecule has 1 aromatic rings. The predicted molar refractivity (Wildman–Crippen MR) is 164 cm³/mol. The number of hydrogen-bond acceptors (Lipinski definition) is 6. The molecule has 0 aromatic heterocycles. The van der Waals surface area contributed by atoms with Gasteiger partial charge in [-0.2, -0.15) is 0 Å². The van der Waals surface area contributed by atoms with Gasteiger partial charge in [-0.1, -0.05) is 32.1 Å². The first kappa shape index (κ1) is 28.9. The number of aliphatic hydroxyl groups excluding tert-OH is 1. The SMILES string of the molecule is C[C@]12CC[C@H]3[C@]4(C=C[C@@]5(C=C4C(=O)c4ccc(F)c(F)c4)CC(O)CC[C@]35C)[C@@H]1CC[C@@]2(O)CN1CCCN2CCCN=C21. The van der Waals surface area contributed by atoms with Crippen LogP contribution in [0.3, 0.4) is 0 Å². The van der Waals surface area contributed by atoms with Crippen LogP contribution in [0, 0.1) is 45.1 Å². The number of aliphatic imine (C=N–C) groups is 1. The van der Waals surface area contributed by atoms with Crippen LogP contribution in [0.15, 0.2) is 47.0 Å². The lowest BCUT2D eigenvalue weighted by molar-refractivity contribution is -0.174. The Morgan fingerprint density at radius 2 is 1.73 bits per heavy atom. The van der Waals surface area contributed by atoms with Crippen LogP contribution >= 0.6 is 0 Å². The summed E-state index contributed by atoms with van der Waals surface area (Å²) in [7, 11) is 0. The zero-order chi connectivity index (χ0) is 30.7. The van der Waals surface area contributed by atoms with E-state index >= 15 is 0 Å². The normalized spacial score (nSPS) is 43.9. The zero-order valence-electron chi connectivity index (χ0n) is 26.0. The molecule has 0 radical (unpaired) electrons. The molecule has 1 saturated heterocycles. The molecule has 8 heteroatoms. The Bertz CT molecular complexity index is 1510. The monoisotopic (exact) mass is 605 g/mol. The summed E-state index contributed by atoms with van der Waals surface area (Å²) in [6, 6.07) is 3.46. The Kier molecular flexibility index (Phi) is 6.22. The number of allylic oxidation sites excluding steroid dienone is 4. The van der Waals surface area contributed by atoms with Gasteiger partial charge in [0.15, 0.2) is 23.4 Å². The maximum Gasteiger partial charge on any atom is 0.196 e. The van der Waals surface area contributed by atoms with E-state index in [1.54, 1.807) is 0 Å². The molecule has 3 saturated carbocycles. The number of rotatable bonds is 4. The summed E-state index contributed by atoms with van der Waals surface area (Å²) in [5.41, 5.74) is -1.86. The van der Waals surface area contributed by atoms with Crippen LogP contribution in [0.4, 0.5) is 8.78 Å². The highest BCUT2D eigenvalue weighted by Crippen LogP contribution is 2.78. The third-order valence-electron chi connectivity index (χ3n) is 13.9. The quantitative estimate of drug-likeness (QED) is 0.350. The molecule has 2 heterocycles. The highest BCUT2D eigenvalue weighted by molar-refractivity contribution is 6.10. The Labute approximate surface area is 258 Å². The Balaban J connectivity index is 1.23. The molecular weight excluding hydrogens is 560 g/mol. The number of β-amino-alcohol motifs (C(OH)–C–C–N with tert-alkyl or cyclic N) is 1. The number of carbonyl (C=O) groups excluding carboxylic acids is 1. The summed E-state index contributed by atoms with van der Waals surface area (Å²) >= 11 is 0. The van der Waals surface area contributed by atoms with Crippen molar-refractivity contribution in [3.8, 4) is 0 Å². The molecule has 6 nitrogen and oxygen atoms in total. The van der Waals surface area contributed by atoms with E-state index < -0.39 is 39.6 Å². The van der Waals surface area contributed by atoms with Crippen molar-refractivity contribution in [1.82, 2.24) is 9.80 Å². The first-order valence-corrected chi connectivity index (χ1v) is 16.8. The van der Waals surface area contributed by atoms with Crippen molar-refractivity contribution >= 4 is 11.7 Å². The molecule has 1 unspecified atom stereocenters. The van der Waals surface area contributed by atoms with E-state index in [1.165, 1.54) is 6.07 Å². The van der Waals surface area contributed by atoms with Crippen LogP contribution in [0.25, 0.3) is 0 Å². The van der Waals surface area contributed by atoms with Gasteiger partial charge in [0.05, 0.1) is 18.2 Å². The number of carbonyl (C=O) groups is 1. The number of nitrogens with zero attached hydrogens (tertiary/aromatic N) is 3. The van der Waals surface area contributed by atoms with Crippen LogP contribution < -0.4 is 0 Å². The van der Waals surface area contributed by atoms with Crippen LogP contribution in [-0.4, -0.2) is 76.2 Å². The average molecular weight is 606 g/mol. The van der Waals surface area contributed by atoms with Gasteiger partial charge in [0.1, 0.15) is 0 Å². The highest BCUT2D eigenvalue weighted by Gasteiger charge is 2.74. The lowest BCUT2D eigenvalue weighted by atomic mass is 9.32. The lowest BCUT2D eigenvalue weighted by Gasteiger charge is -2.71. The second-order valence-electron chi connectivity index (χ2n) is 15.6. The van der Waals surface area contributed by atoms with Crippen molar-refractivity contribution in [2.24, 2.45) is 38.5 Å². The fourth-order valence-electron chi connectivity index (χ4n) is 11.6. The van der Waals surface area contributed by atoms with Gasteiger partial charge in [-0.3, -0.25) is 9.79 Å². The number of benzene rings is 1. The van der Waals surface area contributed by atoms with Crippen molar-refractivity contribution in [3.63, 3.8) is 0 Å². The number of fused-ring (bicyclic) bond motifs is 2. The molecule has 2 aliphatic heterocycles. The summed E-state index contributed by atoms with van der Waals surface area (Å²) in [6.45, 7) is 8.86. The van der Waals surface area contributed by atoms with Gasteiger partial charge in [-0.05, 0) is 93.2 Å². The molecule has 2 N–H and O–H groups in total. The molecular formula is C36H45F2N3O3. The minimum Gasteiger partial charge on any atom is -0.393 e. The maximum atomic E-state index is 14.5. The van der Waals surface area contributed by atoms with Crippen LogP contribution in [0.2, 0.25) is 0 Å². The van der Waals surface area contributed by atoms with E-state index in [0.717, 1.165) is 89.2 Å². The fraction of sp³-hybridized carbons (Fsp3) is 0.667. The number of guanidine groups is 1. The van der Waals surface area contributed by atoms with Gasteiger partial charge in [0, 0.05) is 53.6 Å². The van der Waals surface area contributed by atoms with Gasteiger partial charge in [0.2, 0.25) is 0 Å². The number of hydrogen-bond donors (Lipinski definition) is 2. The number of aliphatic hydroxyl groups is 2. The van der Waals surface area contributed by atoms with Gasteiger partial charge in [-0.25, -0.2) is 8.78 Å². The summed E-state index contributed by atoms with van der Waals surface area (Å²) < 4.78 is 28.4. The molecule has 0 amide bonds. The smallest absolute Gasteiger partial charge is 0.196 e. The van der Waals surface area contributed by atoms with Crippen molar-refractivity contribution in [1.29, 1.82) is 0 Å². The summed E-state index contributed by atoms with van der Waals surface area (Å²) in [4.78, 5) is 24.1. The second kappa shape index (κ2) is 9.47. The Morgan fingerprint density at radius 1 is 0.977 bits per heavy atom. The minimum absolute atomic E-state index is 0.00617. The molecule has 2 spiro atoms. The van der Waals surface area contributed by atoms with E-state index in [4.69, 9.17) is 4.99 Å². The van der Waals surface area contributed by atoms with E-state index in [1.807, 2.05) is 0 Å². The van der Waals surface area contributed by atoms with Crippen LogP contribution in [0.5, 0.6) is 0 Å². The fourth-order valence-corrected chi connectivity index (χ4v) is 11.6. The van der Waals surface area contributed by atoms with Crippen LogP contribution in [-0.2, 0) is 0 Å². The molecule has 236 valence electrons. The van der Waals surface area contributed by atoms with Crippen LogP contribution in [0.1, 0.15) is 82.0 Å². The van der Waals surface area contributed by atoms with Gasteiger partial charge >= 0.3 is 0 Å². The number of halogens is 2. The Morgan fingerprint density at radius 3 is 2.55 bits per heavy atom. The predicted octanol–water partition coefficient (Wildman–Crippen LogP) is 5.51. The van der Waals surface area contributed by atoms with Crippen molar-refractivity contribution in [3.05, 3.63) is 59.2 Å². The van der Waals surface area contributed by atoms with Crippen molar-refractivity contribution in [2.45, 2.75) is 83.3 Å². The number of ketones is 1. The van der Waals surface area contributed by atoms with E-state index in [2.05, 4.69) is 41.9 Å². The van der Waals surface area contributed by atoms with Crippen molar-refractivity contribution in [2.75, 3.05) is 32.7 Å². The molecule has 8 atom stereocenters. The zero-order valence-corrected chi connectivity index (χ0v) is 26.0. The largest absolute Gasteiger partial charge is 0.393 e. The first-order valence-electron chi connectivity index (χ1n) is 16.8. The summed E-state index contributed by atoms with van der Waals surface area (Å²) in [5, 5.41) is 23.7. The topological polar surface area (TPSA) is 76.4 Å². The molecule has 2 bridgehead atoms. The Hall–Kier alpha value is -2.58. The van der Waals surface area contributed by atoms with Gasteiger partial charge < -0.3 is 20.0 Å².